The van der Waals surface area contributed by atoms with Gasteiger partial charge in [-0.1, -0.05) is 121 Å². The minimum atomic E-state index is 0.877. The molecular weight excluding hydrogens is 615 g/mol. The molecule has 0 radical (unpaired) electrons. The lowest BCUT2D eigenvalue weighted by Crippen LogP contribution is -2.10. The SMILES string of the molecule is c1cc(-c2cccc3c2sc2ccccc23)cc(N(c2ccc(-c3ccc4ccccc4c3)cc2)c2cccc3oc4ccccc4c23)c1. The maximum absolute atomic E-state index is 6.37. The largest absolute Gasteiger partial charge is 0.456 e. The summed E-state index contributed by atoms with van der Waals surface area (Å²) in [5.41, 5.74) is 9.86. The smallest absolute Gasteiger partial charge is 0.137 e. The second-order valence-corrected chi connectivity index (χ2v) is 13.6. The summed E-state index contributed by atoms with van der Waals surface area (Å²) < 4.78 is 9.00. The van der Waals surface area contributed by atoms with E-state index < -0.39 is 0 Å². The first kappa shape index (κ1) is 27.9. The molecule has 0 N–H and O–H groups in total. The molecule has 10 aromatic rings. The van der Waals surface area contributed by atoms with Crippen LogP contribution in [0, 0.1) is 0 Å². The Morgan fingerprint density at radius 2 is 1.14 bits per heavy atom. The Balaban J connectivity index is 1.16. The van der Waals surface area contributed by atoms with Crippen LogP contribution in [-0.2, 0) is 0 Å². The topological polar surface area (TPSA) is 16.4 Å². The molecule has 230 valence electrons. The van der Waals surface area contributed by atoms with Crippen molar-refractivity contribution in [1.29, 1.82) is 0 Å². The van der Waals surface area contributed by atoms with Crippen molar-refractivity contribution in [2.75, 3.05) is 4.90 Å². The van der Waals surface area contributed by atoms with E-state index in [1.165, 1.54) is 53.2 Å². The van der Waals surface area contributed by atoms with E-state index in [0.29, 0.717) is 0 Å². The third-order valence-corrected chi connectivity index (χ3v) is 10.9. The summed E-state index contributed by atoms with van der Waals surface area (Å²) in [5.74, 6) is 0. The van der Waals surface area contributed by atoms with Gasteiger partial charge in [0.1, 0.15) is 11.2 Å². The van der Waals surface area contributed by atoms with Gasteiger partial charge in [-0.2, -0.15) is 0 Å². The maximum atomic E-state index is 6.37. The van der Waals surface area contributed by atoms with Crippen LogP contribution in [0.3, 0.4) is 0 Å². The molecule has 0 aliphatic heterocycles. The van der Waals surface area contributed by atoms with Gasteiger partial charge in [-0.3, -0.25) is 0 Å². The Bertz CT molecular complexity index is 2840. The average molecular weight is 644 g/mol. The molecule has 2 aromatic heterocycles. The molecule has 2 nitrogen and oxygen atoms in total. The zero-order valence-electron chi connectivity index (χ0n) is 26.5. The summed E-state index contributed by atoms with van der Waals surface area (Å²) in [7, 11) is 0. The molecule has 0 saturated carbocycles. The van der Waals surface area contributed by atoms with Gasteiger partial charge in [0, 0.05) is 36.9 Å². The quantitative estimate of drug-likeness (QED) is 0.186. The first-order valence-electron chi connectivity index (χ1n) is 16.6. The molecule has 0 fully saturated rings. The van der Waals surface area contributed by atoms with Crippen molar-refractivity contribution >= 4 is 81.3 Å². The lowest BCUT2D eigenvalue weighted by molar-refractivity contribution is 0.669. The molecule has 0 bridgehead atoms. The van der Waals surface area contributed by atoms with Crippen LogP contribution >= 0.6 is 11.3 Å². The van der Waals surface area contributed by atoms with Crippen LogP contribution in [0.2, 0.25) is 0 Å². The van der Waals surface area contributed by atoms with Crippen molar-refractivity contribution in [3.63, 3.8) is 0 Å². The van der Waals surface area contributed by atoms with E-state index in [1.54, 1.807) is 0 Å². The first-order chi connectivity index (χ1) is 24.3. The van der Waals surface area contributed by atoms with E-state index in [2.05, 4.69) is 169 Å². The van der Waals surface area contributed by atoms with Crippen molar-refractivity contribution in [3.8, 4) is 22.3 Å². The summed E-state index contributed by atoms with van der Waals surface area (Å²) in [5, 5.41) is 7.33. The predicted octanol–water partition coefficient (Wildman–Crippen LogP) is 13.9. The van der Waals surface area contributed by atoms with Crippen molar-refractivity contribution in [3.05, 3.63) is 176 Å². The summed E-state index contributed by atoms with van der Waals surface area (Å²) in [6, 6.07) is 63.2. The molecule has 3 heteroatoms. The fourth-order valence-electron chi connectivity index (χ4n) is 7.33. The number of anilines is 3. The zero-order chi connectivity index (χ0) is 32.3. The van der Waals surface area contributed by atoms with Crippen LogP contribution in [0.4, 0.5) is 17.1 Å². The van der Waals surface area contributed by atoms with E-state index in [4.69, 9.17) is 4.42 Å². The van der Waals surface area contributed by atoms with Gasteiger partial charge < -0.3 is 9.32 Å². The maximum Gasteiger partial charge on any atom is 0.137 e. The highest BCUT2D eigenvalue weighted by molar-refractivity contribution is 7.26. The molecule has 0 saturated heterocycles. The lowest BCUT2D eigenvalue weighted by Gasteiger charge is -2.27. The summed E-state index contributed by atoms with van der Waals surface area (Å²) >= 11 is 1.87. The second kappa shape index (κ2) is 11.2. The molecule has 0 aliphatic rings. The molecule has 8 aromatic carbocycles. The minimum Gasteiger partial charge on any atom is -0.456 e. The van der Waals surface area contributed by atoms with E-state index in [1.807, 2.05) is 23.5 Å². The first-order valence-corrected chi connectivity index (χ1v) is 17.4. The molecule has 49 heavy (non-hydrogen) atoms. The zero-order valence-corrected chi connectivity index (χ0v) is 27.3. The van der Waals surface area contributed by atoms with Crippen molar-refractivity contribution in [2.45, 2.75) is 0 Å². The van der Waals surface area contributed by atoms with Crippen LogP contribution in [0.5, 0.6) is 0 Å². The van der Waals surface area contributed by atoms with Crippen molar-refractivity contribution in [1.82, 2.24) is 0 Å². The van der Waals surface area contributed by atoms with Gasteiger partial charge in [-0.15, -0.1) is 11.3 Å². The van der Waals surface area contributed by atoms with E-state index in [-0.39, 0.29) is 0 Å². The van der Waals surface area contributed by atoms with Crippen LogP contribution in [0.1, 0.15) is 0 Å². The van der Waals surface area contributed by atoms with Gasteiger partial charge in [-0.25, -0.2) is 0 Å². The van der Waals surface area contributed by atoms with Gasteiger partial charge in [0.25, 0.3) is 0 Å². The fourth-order valence-corrected chi connectivity index (χ4v) is 8.57. The molecule has 0 spiro atoms. The van der Waals surface area contributed by atoms with Crippen molar-refractivity contribution in [2.24, 2.45) is 0 Å². The van der Waals surface area contributed by atoms with Gasteiger partial charge >= 0.3 is 0 Å². The Morgan fingerprint density at radius 1 is 0.429 bits per heavy atom. The number of hydrogen-bond donors (Lipinski definition) is 0. The van der Waals surface area contributed by atoms with E-state index in [0.717, 1.165) is 39.0 Å². The normalized spacial score (nSPS) is 11.7. The number of fused-ring (bicyclic) bond motifs is 7. The monoisotopic (exact) mass is 643 g/mol. The average Bonchev–Trinajstić information content (AvgIpc) is 3.74. The van der Waals surface area contributed by atoms with E-state index in [9.17, 15) is 0 Å². The number of benzene rings is 8. The number of rotatable bonds is 5. The fraction of sp³-hybridized carbons (Fsp3) is 0. The molecular formula is C46H29NOS. The highest BCUT2D eigenvalue weighted by atomic mass is 32.1. The van der Waals surface area contributed by atoms with Crippen molar-refractivity contribution < 1.29 is 4.42 Å². The summed E-state index contributed by atoms with van der Waals surface area (Å²) in [4.78, 5) is 2.38. The number of hydrogen-bond acceptors (Lipinski definition) is 3. The Labute approximate surface area is 287 Å². The molecule has 10 rings (SSSR count). The Morgan fingerprint density at radius 3 is 2.06 bits per heavy atom. The number of para-hydroxylation sites is 1. The Hall–Kier alpha value is -6.16. The van der Waals surface area contributed by atoms with Gasteiger partial charge in [0.15, 0.2) is 0 Å². The lowest BCUT2D eigenvalue weighted by atomic mass is 10.00. The van der Waals surface area contributed by atoms with Gasteiger partial charge in [0.2, 0.25) is 0 Å². The number of thiophene rings is 1. The molecule has 0 unspecified atom stereocenters. The highest BCUT2D eigenvalue weighted by Crippen LogP contribution is 2.45. The number of furan rings is 1. The Kier molecular flexibility index (Phi) is 6.39. The third kappa shape index (κ3) is 4.62. The predicted molar refractivity (Wildman–Crippen MR) is 210 cm³/mol. The van der Waals surface area contributed by atoms with Crippen LogP contribution < -0.4 is 4.90 Å². The molecule has 0 amide bonds. The molecule has 2 heterocycles. The summed E-state index contributed by atoms with van der Waals surface area (Å²) in [6.45, 7) is 0. The highest BCUT2D eigenvalue weighted by Gasteiger charge is 2.20. The minimum absolute atomic E-state index is 0.877. The summed E-state index contributed by atoms with van der Waals surface area (Å²) in [6.07, 6.45) is 0. The van der Waals surface area contributed by atoms with Crippen LogP contribution in [0.25, 0.3) is 75.1 Å². The standard InChI is InChI=1S/C46H29NOS/c1-2-11-32-28-33(23-22-30(32)10-1)31-24-26-35(27-25-31)47(41-18-9-20-43-45(41)40-15-3-5-19-42(40)48-43)36-13-7-12-34(29-36)37-16-8-17-39-38-14-4-6-21-44(38)49-46(37)39/h1-29H. The van der Waals surface area contributed by atoms with Gasteiger partial charge in [-0.05, 0) is 87.6 Å². The van der Waals surface area contributed by atoms with E-state index >= 15 is 0 Å². The number of nitrogens with zero attached hydrogens (tertiary/aromatic N) is 1. The second-order valence-electron chi connectivity index (χ2n) is 12.5. The van der Waals surface area contributed by atoms with Crippen LogP contribution in [0.15, 0.2) is 180 Å². The molecule has 0 atom stereocenters. The van der Waals surface area contributed by atoms with Gasteiger partial charge in [0.05, 0.1) is 11.1 Å². The third-order valence-electron chi connectivity index (χ3n) is 9.65. The van der Waals surface area contributed by atoms with Crippen LogP contribution in [-0.4, -0.2) is 0 Å². The molecule has 0 aliphatic carbocycles.